The Balaban J connectivity index is 2.26. The molecule has 1 aliphatic rings. The number of ether oxygens (including phenoxy) is 3. The van der Waals surface area contributed by atoms with Crippen molar-refractivity contribution in [3.05, 3.63) is 17.7 Å². The Morgan fingerprint density at radius 2 is 2.12 bits per heavy atom. The van der Waals surface area contributed by atoms with Gasteiger partial charge in [0.1, 0.15) is 19.0 Å². The molecule has 0 saturated carbocycles. The lowest BCUT2D eigenvalue weighted by molar-refractivity contribution is 0.173. The van der Waals surface area contributed by atoms with Gasteiger partial charge in [0, 0.05) is 12.1 Å². The Kier molecular flexibility index (Phi) is 3.68. The van der Waals surface area contributed by atoms with Gasteiger partial charge < -0.3 is 19.9 Å². The minimum absolute atomic E-state index is 0.00287. The summed E-state index contributed by atoms with van der Waals surface area (Å²) in [4.78, 5) is 0. The number of hydrogen-bond acceptors (Lipinski definition) is 4. The molecule has 0 aliphatic carbocycles. The van der Waals surface area contributed by atoms with Gasteiger partial charge in [-0.2, -0.15) is 0 Å². The van der Waals surface area contributed by atoms with E-state index in [2.05, 4.69) is 0 Å². The van der Waals surface area contributed by atoms with E-state index in [0.29, 0.717) is 23.7 Å². The van der Waals surface area contributed by atoms with Crippen molar-refractivity contribution in [1.82, 2.24) is 0 Å². The van der Waals surface area contributed by atoms with Crippen LogP contribution in [0.1, 0.15) is 12.5 Å². The van der Waals surface area contributed by atoms with Crippen LogP contribution in [0.4, 0.5) is 4.39 Å². The largest absolute Gasteiger partial charge is 0.490 e. The Morgan fingerprint density at radius 3 is 2.76 bits per heavy atom. The second-order valence-corrected chi connectivity index (χ2v) is 4.03. The summed E-state index contributed by atoms with van der Waals surface area (Å²) in [7, 11) is 0. The molecule has 1 heterocycles. The maximum absolute atomic E-state index is 12.1. The zero-order chi connectivity index (χ0) is 12.3. The summed E-state index contributed by atoms with van der Waals surface area (Å²) in [6.45, 7) is 1.63. The van der Waals surface area contributed by atoms with Gasteiger partial charge in [-0.25, -0.2) is 4.39 Å². The molecular formula is C12H16FNO3. The predicted octanol–water partition coefficient (Wildman–Crippen LogP) is 1.65. The fraction of sp³-hybridized carbons (Fsp3) is 0.500. The molecule has 17 heavy (non-hydrogen) atoms. The number of alkyl halides is 1. The third-order valence-corrected chi connectivity index (χ3v) is 2.43. The quantitative estimate of drug-likeness (QED) is 0.851. The highest BCUT2D eigenvalue weighted by atomic mass is 19.1. The van der Waals surface area contributed by atoms with E-state index in [1.54, 1.807) is 6.07 Å². The Bertz CT molecular complexity index is 396. The van der Waals surface area contributed by atoms with Crippen molar-refractivity contribution in [1.29, 1.82) is 0 Å². The SMILES string of the molecule is CC(N)Cc1cc2c(cc1OCCF)OCO2. The lowest BCUT2D eigenvalue weighted by Gasteiger charge is -2.13. The number of hydrogen-bond donors (Lipinski definition) is 1. The van der Waals surface area contributed by atoms with Crippen LogP contribution in [-0.2, 0) is 6.42 Å². The molecule has 94 valence electrons. The van der Waals surface area contributed by atoms with Crippen LogP contribution in [0, 0.1) is 0 Å². The lowest BCUT2D eigenvalue weighted by atomic mass is 10.1. The molecule has 1 aliphatic heterocycles. The number of benzene rings is 1. The molecule has 4 nitrogen and oxygen atoms in total. The minimum atomic E-state index is -0.522. The topological polar surface area (TPSA) is 53.7 Å². The fourth-order valence-electron chi connectivity index (χ4n) is 1.75. The van der Waals surface area contributed by atoms with Crippen molar-refractivity contribution in [2.45, 2.75) is 19.4 Å². The monoisotopic (exact) mass is 241 g/mol. The van der Waals surface area contributed by atoms with Gasteiger partial charge in [-0.1, -0.05) is 0 Å². The van der Waals surface area contributed by atoms with E-state index in [1.807, 2.05) is 13.0 Å². The number of rotatable bonds is 5. The second kappa shape index (κ2) is 5.23. The molecule has 1 aromatic carbocycles. The summed E-state index contributed by atoms with van der Waals surface area (Å²) < 4.78 is 28.0. The van der Waals surface area contributed by atoms with E-state index in [4.69, 9.17) is 19.9 Å². The first-order valence-corrected chi connectivity index (χ1v) is 5.57. The Morgan fingerprint density at radius 1 is 1.41 bits per heavy atom. The van der Waals surface area contributed by atoms with Gasteiger partial charge in [0.15, 0.2) is 11.5 Å². The van der Waals surface area contributed by atoms with Crippen LogP contribution >= 0.6 is 0 Å². The Hall–Kier alpha value is -1.49. The number of halogens is 1. The van der Waals surface area contributed by atoms with Gasteiger partial charge in [0.25, 0.3) is 0 Å². The molecule has 1 atom stereocenters. The first-order valence-electron chi connectivity index (χ1n) is 5.57. The number of nitrogens with two attached hydrogens (primary N) is 1. The first kappa shape index (κ1) is 12.0. The van der Waals surface area contributed by atoms with Crippen LogP contribution in [0.15, 0.2) is 12.1 Å². The minimum Gasteiger partial charge on any atom is -0.490 e. The lowest BCUT2D eigenvalue weighted by Crippen LogP contribution is -2.18. The van der Waals surface area contributed by atoms with Crippen LogP contribution < -0.4 is 19.9 Å². The summed E-state index contributed by atoms with van der Waals surface area (Å²) in [5, 5.41) is 0. The second-order valence-electron chi connectivity index (χ2n) is 4.03. The summed E-state index contributed by atoms with van der Waals surface area (Å²) >= 11 is 0. The van der Waals surface area contributed by atoms with Crippen molar-refractivity contribution in [3.63, 3.8) is 0 Å². The highest BCUT2D eigenvalue weighted by molar-refractivity contribution is 5.52. The standard InChI is InChI=1S/C12H16FNO3/c1-8(14)4-9-5-11-12(17-7-16-11)6-10(9)15-3-2-13/h5-6,8H,2-4,7,14H2,1H3. The zero-order valence-corrected chi connectivity index (χ0v) is 9.74. The van der Waals surface area contributed by atoms with E-state index >= 15 is 0 Å². The normalized spacial score (nSPS) is 14.8. The van der Waals surface area contributed by atoms with Crippen LogP contribution in [0.3, 0.4) is 0 Å². The molecule has 0 bridgehead atoms. The zero-order valence-electron chi connectivity index (χ0n) is 9.74. The summed E-state index contributed by atoms with van der Waals surface area (Å²) in [5.41, 5.74) is 6.68. The smallest absolute Gasteiger partial charge is 0.231 e. The maximum atomic E-state index is 12.1. The van der Waals surface area contributed by atoms with E-state index in [9.17, 15) is 4.39 Å². The highest BCUT2D eigenvalue weighted by Crippen LogP contribution is 2.38. The van der Waals surface area contributed by atoms with Gasteiger partial charge in [0.05, 0.1) is 0 Å². The van der Waals surface area contributed by atoms with Crippen LogP contribution in [0.2, 0.25) is 0 Å². The summed E-state index contributed by atoms with van der Waals surface area (Å²) in [6.07, 6.45) is 0.651. The van der Waals surface area contributed by atoms with Crippen molar-refractivity contribution in [3.8, 4) is 17.2 Å². The Labute approximate surface area is 99.5 Å². The highest BCUT2D eigenvalue weighted by Gasteiger charge is 2.18. The molecular weight excluding hydrogens is 225 g/mol. The van der Waals surface area contributed by atoms with Gasteiger partial charge in [-0.15, -0.1) is 0 Å². The summed E-state index contributed by atoms with van der Waals surface area (Å²) in [5.74, 6) is 1.93. The van der Waals surface area contributed by atoms with Gasteiger partial charge in [0.2, 0.25) is 6.79 Å². The van der Waals surface area contributed by atoms with Crippen LogP contribution in [0.5, 0.6) is 17.2 Å². The molecule has 1 aromatic rings. The third-order valence-electron chi connectivity index (χ3n) is 2.43. The van der Waals surface area contributed by atoms with Crippen LogP contribution in [0.25, 0.3) is 0 Å². The molecule has 1 unspecified atom stereocenters. The number of fused-ring (bicyclic) bond motifs is 1. The van der Waals surface area contributed by atoms with E-state index in [1.165, 1.54) is 0 Å². The average Bonchev–Trinajstić information content (AvgIpc) is 2.72. The summed E-state index contributed by atoms with van der Waals surface area (Å²) in [6, 6.07) is 3.58. The van der Waals surface area contributed by atoms with E-state index in [-0.39, 0.29) is 19.4 Å². The molecule has 0 fully saturated rings. The molecule has 0 aromatic heterocycles. The molecule has 2 N–H and O–H groups in total. The maximum Gasteiger partial charge on any atom is 0.231 e. The van der Waals surface area contributed by atoms with Gasteiger partial charge >= 0.3 is 0 Å². The molecule has 0 saturated heterocycles. The van der Waals surface area contributed by atoms with Crippen molar-refractivity contribution >= 4 is 0 Å². The molecule has 2 rings (SSSR count). The first-order chi connectivity index (χ1) is 8.20. The molecule has 0 amide bonds. The average molecular weight is 241 g/mol. The van der Waals surface area contributed by atoms with Crippen molar-refractivity contribution in [2.24, 2.45) is 5.73 Å². The fourth-order valence-corrected chi connectivity index (χ4v) is 1.75. The van der Waals surface area contributed by atoms with E-state index in [0.717, 1.165) is 5.56 Å². The van der Waals surface area contributed by atoms with Crippen molar-refractivity contribution in [2.75, 3.05) is 20.1 Å². The van der Waals surface area contributed by atoms with E-state index < -0.39 is 6.67 Å². The molecule has 5 heteroatoms. The molecule has 0 spiro atoms. The third kappa shape index (κ3) is 2.79. The van der Waals surface area contributed by atoms with Crippen LogP contribution in [-0.4, -0.2) is 26.1 Å². The molecule has 0 radical (unpaired) electrons. The van der Waals surface area contributed by atoms with Crippen molar-refractivity contribution < 1.29 is 18.6 Å². The predicted molar refractivity (Wildman–Crippen MR) is 61.4 cm³/mol. The van der Waals surface area contributed by atoms with Gasteiger partial charge in [-0.3, -0.25) is 0 Å². The van der Waals surface area contributed by atoms with Gasteiger partial charge in [-0.05, 0) is 25.0 Å².